The molecule has 3 aliphatic rings. The molecule has 4 unspecified atom stereocenters. The lowest BCUT2D eigenvalue weighted by atomic mass is 9.63. The standard InChI is InChI=1S/C18H30O3/c1-17(2,3)14-4-5-16(19)15(10-14)13-6-8-21-18(11-13)7-9-20-12-18/h13-15H,4-12H2,1-3H3. The fraction of sp³-hybridized carbons (Fsp3) is 0.944. The molecule has 3 heteroatoms. The second-order valence-electron chi connectivity index (χ2n) is 8.50. The Morgan fingerprint density at radius 3 is 2.67 bits per heavy atom. The van der Waals surface area contributed by atoms with Crippen molar-refractivity contribution < 1.29 is 14.3 Å². The van der Waals surface area contributed by atoms with E-state index in [0.717, 1.165) is 58.3 Å². The molecule has 120 valence electrons. The molecule has 1 spiro atoms. The maximum absolute atomic E-state index is 12.5. The molecule has 1 aliphatic carbocycles. The Morgan fingerprint density at radius 2 is 2.00 bits per heavy atom. The molecule has 0 radical (unpaired) electrons. The summed E-state index contributed by atoms with van der Waals surface area (Å²) in [5.74, 6) is 1.97. The van der Waals surface area contributed by atoms with Gasteiger partial charge in [-0.2, -0.15) is 0 Å². The number of ketones is 1. The molecular weight excluding hydrogens is 264 g/mol. The van der Waals surface area contributed by atoms with E-state index >= 15 is 0 Å². The predicted octanol–water partition coefficient (Wildman–Crippen LogP) is 3.60. The van der Waals surface area contributed by atoms with Crippen LogP contribution in [0, 0.1) is 23.2 Å². The molecule has 2 aliphatic heterocycles. The van der Waals surface area contributed by atoms with Crippen molar-refractivity contribution in [2.45, 2.75) is 64.9 Å². The smallest absolute Gasteiger partial charge is 0.136 e. The van der Waals surface area contributed by atoms with E-state index in [9.17, 15) is 4.79 Å². The van der Waals surface area contributed by atoms with Crippen molar-refractivity contribution in [1.82, 2.24) is 0 Å². The monoisotopic (exact) mass is 294 g/mol. The SMILES string of the molecule is CC(C)(C)C1CCC(=O)C(C2CCOC3(CCOC3)C2)C1. The van der Waals surface area contributed by atoms with E-state index in [1.165, 1.54) is 0 Å². The van der Waals surface area contributed by atoms with Crippen molar-refractivity contribution in [3.63, 3.8) is 0 Å². The van der Waals surface area contributed by atoms with Gasteiger partial charge in [0.1, 0.15) is 5.78 Å². The molecule has 0 N–H and O–H groups in total. The van der Waals surface area contributed by atoms with Gasteiger partial charge in [-0.1, -0.05) is 20.8 Å². The number of carbonyl (C=O) groups excluding carboxylic acids is 1. The summed E-state index contributed by atoms with van der Waals surface area (Å²) in [7, 11) is 0. The first-order valence-corrected chi connectivity index (χ1v) is 8.64. The van der Waals surface area contributed by atoms with E-state index < -0.39 is 0 Å². The molecule has 0 aromatic carbocycles. The van der Waals surface area contributed by atoms with Crippen molar-refractivity contribution in [1.29, 1.82) is 0 Å². The van der Waals surface area contributed by atoms with Crippen molar-refractivity contribution in [3.05, 3.63) is 0 Å². The van der Waals surface area contributed by atoms with Crippen LogP contribution in [-0.2, 0) is 14.3 Å². The first kappa shape index (κ1) is 15.5. The zero-order valence-corrected chi connectivity index (χ0v) is 13.8. The van der Waals surface area contributed by atoms with Crippen molar-refractivity contribution >= 4 is 5.78 Å². The van der Waals surface area contributed by atoms with Crippen LogP contribution in [0.4, 0.5) is 0 Å². The van der Waals surface area contributed by atoms with E-state index in [4.69, 9.17) is 9.47 Å². The highest BCUT2D eigenvalue weighted by Crippen LogP contribution is 2.46. The van der Waals surface area contributed by atoms with Crippen LogP contribution < -0.4 is 0 Å². The van der Waals surface area contributed by atoms with Crippen molar-refractivity contribution in [2.75, 3.05) is 19.8 Å². The molecule has 0 aromatic rings. The topological polar surface area (TPSA) is 35.5 Å². The zero-order valence-electron chi connectivity index (χ0n) is 13.8. The van der Waals surface area contributed by atoms with E-state index in [1.807, 2.05) is 0 Å². The van der Waals surface area contributed by atoms with Crippen LogP contribution in [0.5, 0.6) is 0 Å². The van der Waals surface area contributed by atoms with Gasteiger partial charge in [0.2, 0.25) is 0 Å². The molecule has 2 heterocycles. The highest BCUT2D eigenvalue weighted by molar-refractivity contribution is 5.82. The van der Waals surface area contributed by atoms with Gasteiger partial charge in [-0.15, -0.1) is 0 Å². The summed E-state index contributed by atoms with van der Waals surface area (Å²) in [5, 5.41) is 0. The predicted molar refractivity (Wildman–Crippen MR) is 82.1 cm³/mol. The summed E-state index contributed by atoms with van der Waals surface area (Å²) in [5.41, 5.74) is 0.246. The van der Waals surface area contributed by atoms with Gasteiger partial charge >= 0.3 is 0 Å². The third kappa shape index (κ3) is 3.19. The largest absolute Gasteiger partial charge is 0.378 e. The third-order valence-corrected chi connectivity index (χ3v) is 6.08. The number of Topliss-reactive ketones (excluding diaryl/α,β-unsaturated/α-hetero) is 1. The molecule has 0 amide bonds. The molecule has 3 nitrogen and oxygen atoms in total. The Kier molecular flexibility index (Phi) is 4.17. The van der Waals surface area contributed by atoms with Gasteiger partial charge in [0, 0.05) is 32.0 Å². The summed E-state index contributed by atoms with van der Waals surface area (Å²) in [6.45, 7) is 9.31. The van der Waals surface area contributed by atoms with Gasteiger partial charge in [-0.05, 0) is 42.9 Å². The highest BCUT2D eigenvalue weighted by atomic mass is 16.6. The highest BCUT2D eigenvalue weighted by Gasteiger charge is 2.46. The summed E-state index contributed by atoms with van der Waals surface area (Å²) >= 11 is 0. The quantitative estimate of drug-likeness (QED) is 0.741. The molecule has 1 saturated carbocycles. The lowest BCUT2D eigenvalue weighted by Gasteiger charge is -2.44. The van der Waals surface area contributed by atoms with Gasteiger partial charge in [-0.25, -0.2) is 0 Å². The summed E-state index contributed by atoms with van der Waals surface area (Å²) in [4.78, 5) is 12.5. The van der Waals surface area contributed by atoms with Gasteiger partial charge in [0.25, 0.3) is 0 Å². The molecular formula is C18H30O3. The molecule has 3 fully saturated rings. The summed E-state index contributed by atoms with van der Waals surface area (Å²) < 4.78 is 11.6. The van der Waals surface area contributed by atoms with Crippen LogP contribution in [-0.4, -0.2) is 31.2 Å². The fourth-order valence-corrected chi connectivity index (χ4v) is 4.57. The lowest BCUT2D eigenvalue weighted by Crippen LogP contribution is -2.45. The van der Waals surface area contributed by atoms with Gasteiger partial charge in [0.05, 0.1) is 12.2 Å². The van der Waals surface area contributed by atoms with E-state index in [0.29, 0.717) is 23.0 Å². The Labute approximate surface area is 128 Å². The minimum atomic E-state index is -0.0716. The lowest BCUT2D eigenvalue weighted by molar-refractivity contribution is -0.138. The number of carbonyl (C=O) groups is 1. The van der Waals surface area contributed by atoms with Crippen molar-refractivity contribution in [3.8, 4) is 0 Å². The Hall–Kier alpha value is -0.410. The number of hydrogen-bond donors (Lipinski definition) is 0. The molecule has 21 heavy (non-hydrogen) atoms. The van der Waals surface area contributed by atoms with Crippen LogP contribution in [0.1, 0.15) is 59.3 Å². The van der Waals surface area contributed by atoms with E-state index in [2.05, 4.69) is 20.8 Å². The maximum Gasteiger partial charge on any atom is 0.136 e. The van der Waals surface area contributed by atoms with Gasteiger partial charge in [0.15, 0.2) is 0 Å². The van der Waals surface area contributed by atoms with E-state index in [-0.39, 0.29) is 11.5 Å². The normalized spacial score (nSPS) is 41.7. The maximum atomic E-state index is 12.5. The Bertz CT molecular complexity index is 390. The van der Waals surface area contributed by atoms with Gasteiger partial charge < -0.3 is 9.47 Å². The average Bonchev–Trinajstić information content (AvgIpc) is 2.86. The second kappa shape index (κ2) is 5.66. The molecule has 3 rings (SSSR count). The number of rotatable bonds is 1. The second-order valence-corrected chi connectivity index (χ2v) is 8.50. The molecule has 0 aromatic heterocycles. The van der Waals surface area contributed by atoms with Crippen LogP contribution in [0.25, 0.3) is 0 Å². The number of hydrogen-bond acceptors (Lipinski definition) is 3. The van der Waals surface area contributed by atoms with Gasteiger partial charge in [-0.3, -0.25) is 4.79 Å². The minimum Gasteiger partial charge on any atom is -0.378 e. The van der Waals surface area contributed by atoms with Crippen LogP contribution in [0.15, 0.2) is 0 Å². The minimum absolute atomic E-state index is 0.0716. The van der Waals surface area contributed by atoms with Crippen LogP contribution >= 0.6 is 0 Å². The van der Waals surface area contributed by atoms with Crippen molar-refractivity contribution in [2.24, 2.45) is 23.2 Å². The molecule has 4 atom stereocenters. The molecule has 0 bridgehead atoms. The Morgan fingerprint density at radius 1 is 1.19 bits per heavy atom. The fourth-order valence-electron chi connectivity index (χ4n) is 4.57. The average molecular weight is 294 g/mol. The third-order valence-electron chi connectivity index (χ3n) is 6.08. The summed E-state index contributed by atoms with van der Waals surface area (Å²) in [6, 6.07) is 0. The van der Waals surface area contributed by atoms with Crippen LogP contribution in [0.3, 0.4) is 0 Å². The molecule has 2 saturated heterocycles. The van der Waals surface area contributed by atoms with E-state index in [1.54, 1.807) is 0 Å². The summed E-state index contributed by atoms with van der Waals surface area (Å²) in [6.07, 6.45) is 6.04. The van der Waals surface area contributed by atoms with Crippen LogP contribution in [0.2, 0.25) is 0 Å². The first-order valence-electron chi connectivity index (χ1n) is 8.64. The first-order chi connectivity index (χ1) is 9.90. The Balaban J connectivity index is 1.70. The zero-order chi connectivity index (χ0) is 15.1. The number of ether oxygens (including phenoxy) is 2.